The molecule has 2 aromatic heterocycles. The third kappa shape index (κ3) is 3.08. The summed E-state index contributed by atoms with van der Waals surface area (Å²) in [5.74, 6) is -0.360. The van der Waals surface area contributed by atoms with E-state index in [2.05, 4.69) is 15.2 Å². The second-order valence-electron chi connectivity index (χ2n) is 6.73. The molecule has 0 atom stereocenters. The zero-order valence-electron chi connectivity index (χ0n) is 15.0. The van der Waals surface area contributed by atoms with Crippen LogP contribution in [0.3, 0.4) is 0 Å². The summed E-state index contributed by atoms with van der Waals surface area (Å²) in [4.78, 5) is 31.8. The van der Waals surface area contributed by atoms with Gasteiger partial charge in [0.25, 0.3) is 11.8 Å². The van der Waals surface area contributed by atoms with Crippen LogP contribution in [0.25, 0.3) is 10.9 Å². The summed E-state index contributed by atoms with van der Waals surface area (Å²) in [5, 5.41) is 17.1. The maximum atomic E-state index is 13.0. The Balaban J connectivity index is 1.58. The van der Waals surface area contributed by atoms with Gasteiger partial charge < -0.3 is 19.9 Å². The molecule has 1 aliphatic rings. The van der Waals surface area contributed by atoms with Crippen LogP contribution < -0.4 is 0 Å². The summed E-state index contributed by atoms with van der Waals surface area (Å²) >= 11 is 0. The van der Waals surface area contributed by atoms with Gasteiger partial charge in [0, 0.05) is 48.7 Å². The van der Waals surface area contributed by atoms with E-state index in [1.807, 2.05) is 30.3 Å². The minimum atomic E-state index is -0.263. The number of fused-ring (bicyclic) bond motifs is 2. The van der Waals surface area contributed by atoms with Crippen molar-refractivity contribution in [2.75, 3.05) is 26.7 Å². The van der Waals surface area contributed by atoms with Crippen LogP contribution in [0.4, 0.5) is 0 Å². The SMILES string of the molecule is CN(CCO)C(=O)c1n[nH]c2c1CN(C(=O)c1cc3ccccc3[nH]1)CC2. The first-order valence-electron chi connectivity index (χ1n) is 8.88. The lowest BCUT2D eigenvalue weighted by Crippen LogP contribution is -2.37. The van der Waals surface area contributed by atoms with E-state index in [0.717, 1.165) is 22.2 Å². The normalized spacial score (nSPS) is 13.6. The highest BCUT2D eigenvalue weighted by molar-refractivity contribution is 5.98. The Bertz CT molecular complexity index is 973. The predicted octanol–water partition coefficient (Wildman–Crippen LogP) is 1.15. The van der Waals surface area contributed by atoms with E-state index >= 15 is 0 Å². The molecular weight excluding hydrogens is 346 g/mol. The molecule has 4 rings (SSSR count). The topological polar surface area (TPSA) is 105 Å². The molecule has 0 spiro atoms. The molecule has 1 aliphatic heterocycles. The standard InChI is InChI=1S/C19H21N5O3/c1-23(8-9-25)19(27)17-13-11-24(7-6-15(13)21-22-17)18(26)16-10-12-4-2-3-5-14(12)20-16/h2-5,10,20,25H,6-9,11H2,1H3,(H,21,22). The lowest BCUT2D eigenvalue weighted by Gasteiger charge is -2.27. The number of nitrogens with zero attached hydrogens (tertiary/aromatic N) is 3. The van der Waals surface area contributed by atoms with Crippen molar-refractivity contribution in [2.45, 2.75) is 13.0 Å². The van der Waals surface area contributed by atoms with E-state index in [1.165, 1.54) is 4.90 Å². The van der Waals surface area contributed by atoms with Crippen molar-refractivity contribution in [3.05, 3.63) is 53.0 Å². The fraction of sp³-hybridized carbons (Fsp3) is 0.316. The van der Waals surface area contributed by atoms with Gasteiger partial charge in [-0.2, -0.15) is 5.10 Å². The number of hydrogen-bond donors (Lipinski definition) is 3. The Hall–Kier alpha value is -3.13. The highest BCUT2D eigenvalue weighted by Crippen LogP contribution is 2.24. The third-order valence-electron chi connectivity index (χ3n) is 4.97. The lowest BCUT2D eigenvalue weighted by molar-refractivity contribution is 0.0714. The van der Waals surface area contributed by atoms with Crippen LogP contribution in [-0.4, -0.2) is 68.6 Å². The molecule has 140 valence electrons. The molecule has 8 nitrogen and oxygen atoms in total. The summed E-state index contributed by atoms with van der Waals surface area (Å²) in [6, 6.07) is 9.60. The lowest BCUT2D eigenvalue weighted by atomic mass is 10.0. The van der Waals surface area contributed by atoms with Crippen LogP contribution in [0.5, 0.6) is 0 Å². The maximum absolute atomic E-state index is 13.0. The fourth-order valence-corrected chi connectivity index (χ4v) is 3.44. The summed E-state index contributed by atoms with van der Waals surface area (Å²) in [7, 11) is 1.62. The largest absolute Gasteiger partial charge is 0.395 e. The van der Waals surface area contributed by atoms with Crippen molar-refractivity contribution in [2.24, 2.45) is 0 Å². The van der Waals surface area contributed by atoms with Crippen molar-refractivity contribution in [1.29, 1.82) is 0 Å². The van der Waals surface area contributed by atoms with E-state index in [0.29, 0.717) is 30.9 Å². The first kappa shape index (κ1) is 17.3. The van der Waals surface area contributed by atoms with E-state index in [1.54, 1.807) is 11.9 Å². The van der Waals surface area contributed by atoms with E-state index in [4.69, 9.17) is 5.11 Å². The molecule has 0 fully saturated rings. The zero-order chi connectivity index (χ0) is 19.0. The molecule has 3 heterocycles. The number of rotatable bonds is 4. The highest BCUT2D eigenvalue weighted by atomic mass is 16.3. The van der Waals surface area contributed by atoms with Gasteiger partial charge in [-0.3, -0.25) is 14.7 Å². The van der Waals surface area contributed by atoms with Gasteiger partial charge in [-0.25, -0.2) is 0 Å². The molecular formula is C19H21N5O3. The number of amides is 2. The van der Waals surface area contributed by atoms with Gasteiger partial charge in [0.2, 0.25) is 0 Å². The molecule has 1 aromatic carbocycles. The second-order valence-corrected chi connectivity index (χ2v) is 6.73. The van der Waals surface area contributed by atoms with Crippen LogP contribution in [0.2, 0.25) is 0 Å². The summed E-state index contributed by atoms with van der Waals surface area (Å²) < 4.78 is 0. The van der Waals surface area contributed by atoms with Gasteiger partial charge in [0.05, 0.1) is 13.2 Å². The second kappa shape index (κ2) is 6.88. The number of aliphatic hydroxyl groups is 1. The number of H-pyrrole nitrogens is 2. The Morgan fingerprint density at radius 3 is 2.93 bits per heavy atom. The van der Waals surface area contributed by atoms with Crippen molar-refractivity contribution in [3.63, 3.8) is 0 Å². The fourth-order valence-electron chi connectivity index (χ4n) is 3.44. The number of hydrogen-bond acceptors (Lipinski definition) is 4. The quantitative estimate of drug-likeness (QED) is 0.643. The van der Waals surface area contributed by atoms with E-state index in [9.17, 15) is 9.59 Å². The zero-order valence-corrected chi connectivity index (χ0v) is 15.0. The van der Waals surface area contributed by atoms with Crippen molar-refractivity contribution in [1.82, 2.24) is 25.0 Å². The molecule has 3 N–H and O–H groups in total. The van der Waals surface area contributed by atoms with Crippen molar-refractivity contribution < 1.29 is 14.7 Å². The molecule has 0 saturated heterocycles. The smallest absolute Gasteiger partial charge is 0.274 e. The average molecular weight is 367 g/mol. The molecule has 3 aromatic rings. The minimum absolute atomic E-state index is 0.0971. The van der Waals surface area contributed by atoms with Crippen LogP contribution >= 0.6 is 0 Å². The van der Waals surface area contributed by atoms with Crippen molar-refractivity contribution >= 4 is 22.7 Å². The predicted molar refractivity (Wildman–Crippen MR) is 99.4 cm³/mol. The monoisotopic (exact) mass is 367 g/mol. The minimum Gasteiger partial charge on any atom is -0.395 e. The number of para-hydroxylation sites is 1. The molecule has 0 saturated carbocycles. The number of likely N-dealkylation sites (N-methyl/N-ethyl adjacent to an activating group) is 1. The van der Waals surface area contributed by atoms with Crippen LogP contribution in [0, 0.1) is 0 Å². The van der Waals surface area contributed by atoms with E-state index in [-0.39, 0.29) is 25.0 Å². The van der Waals surface area contributed by atoms with Gasteiger partial charge in [-0.15, -0.1) is 0 Å². The average Bonchev–Trinajstić information content (AvgIpc) is 3.30. The van der Waals surface area contributed by atoms with Gasteiger partial charge in [0.1, 0.15) is 5.69 Å². The Morgan fingerprint density at radius 1 is 1.33 bits per heavy atom. The van der Waals surface area contributed by atoms with Crippen molar-refractivity contribution in [3.8, 4) is 0 Å². The third-order valence-corrected chi connectivity index (χ3v) is 4.97. The van der Waals surface area contributed by atoms with Crippen LogP contribution in [-0.2, 0) is 13.0 Å². The number of carbonyl (C=O) groups is 2. The summed E-state index contributed by atoms with van der Waals surface area (Å²) in [6.07, 6.45) is 0.616. The molecule has 0 radical (unpaired) electrons. The molecule has 27 heavy (non-hydrogen) atoms. The number of carbonyl (C=O) groups excluding carboxylic acids is 2. The summed E-state index contributed by atoms with van der Waals surface area (Å²) in [5.41, 5.74) is 3.41. The molecule has 0 unspecified atom stereocenters. The molecule has 8 heteroatoms. The first-order chi connectivity index (χ1) is 13.1. The first-order valence-corrected chi connectivity index (χ1v) is 8.88. The number of benzene rings is 1. The Morgan fingerprint density at radius 2 is 2.15 bits per heavy atom. The molecule has 0 aliphatic carbocycles. The number of aromatic amines is 2. The van der Waals surface area contributed by atoms with Crippen LogP contribution in [0.15, 0.2) is 30.3 Å². The van der Waals surface area contributed by atoms with Crippen LogP contribution in [0.1, 0.15) is 32.2 Å². The summed E-state index contributed by atoms with van der Waals surface area (Å²) in [6.45, 7) is 1.01. The van der Waals surface area contributed by atoms with Gasteiger partial charge >= 0.3 is 0 Å². The number of aliphatic hydroxyl groups excluding tert-OH is 1. The van der Waals surface area contributed by atoms with E-state index < -0.39 is 0 Å². The molecule has 2 amide bonds. The highest BCUT2D eigenvalue weighted by Gasteiger charge is 2.29. The number of aromatic nitrogens is 3. The Kier molecular flexibility index (Phi) is 4.41. The van der Waals surface area contributed by atoms with Gasteiger partial charge in [-0.05, 0) is 12.1 Å². The number of nitrogens with one attached hydrogen (secondary N) is 2. The Labute approximate surface area is 155 Å². The van der Waals surface area contributed by atoms with Gasteiger partial charge in [-0.1, -0.05) is 18.2 Å². The van der Waals surface area contributed by atoms with Gasteiger partial charge in [0.15, 0.2) is 5.69 Å². The maximum Gasteiger partial charge on any atom is 0.274 e. The molecule has 0 bridgehead atoms.